The average Bonchev–Trinajstić information content (AvgIpc) is 3.15. The number of ketones is 1. The quantitative estimate of drug-likeness (QED) is 0.505. The maximum Gasteiger partial charge on any atom is 0.320 e. The topological polar surface area (TPSA) is 76.1 Å². The number of nitrogens with zero attached hydrogens (tertiary/aromatic N) is 1. The highest BCUT2D eigenvalue weighted by molar-refractivity contribution is 5.79. The minimum atomic E-state index is -0.421. The summed E-state index contributed by atoms with van der Waals surface area (Å²) in [5.74, 6) is 1.82. The molecule has 0 aromatic heterocycles. The predicted molar refractivity (Wildman–Crippen MR) is 136 cm³/mol. The van der Waals surface area contributed by atoms with Crippen LogP contribution in [-0.4, -0.2) is 66.3 Å². The van der Waals surface area contributed by atoms with Crippen LogP contribution in [0.5, 0.6) is 0 Å². The van der Waals surface area contributed by atoms with Gasteiger partial charge in [-0.3, -0.25) is 14.5 Å². The van der Waals surface area contributed by atoms with Gasteiger partial charge in [0.25, 0.3) is 0 Å². The van der Waals surface area contributed by atoms with Gasteiger partial charge < -0.3 is 14.6 Å². The highest BCUT2D eigenvalue weighted by Crippen LogP contribution is 2.68. The molecule has 0 bridgehead atoms. The first-order valence-electron chi connectivity index (χ1n) is 14.3. The molecule has 0 aromatic carbocycles. The molecule has 200 valence electrons. The van der Waals surface area contributed by atoms with Crippen molar-refractivity contribution in [2.24, 2.45) is 40.4 Å². The van der Waals surface area contributed by atoms with Gasteiger partial charge in [0, 0.05) is 18.4 Å². The van der Waals surface area contributed by atoms with E-state index in [0.717, 1.165) is 58.0 Å². The Labute approximate surface area is 212 Å². The smallest absolute Gasteiger partial charge is 0.320 e. The molecule has 4 aliphatic carbocycles. The van der Waals surface area contributed by atoms with Crippen molar-refractivity contribution in [1.29, 1.82) is 0 Å². The number of likely N-dealkylation sites (N-methyl/N-ethyl adjacent to an activating group) is 1. The molecule has 4 aliphatic rings. The summed E-state index contributed by atoms with van der Waals surface area (Å²) < 4.78 is 12.5. The SMILES string of the molecule is CCOC1C[C@@]2(C)C(CC[C@H]3[C@@H]4CC[C@H](C(C)=O)[C@@]4(C)CC(OC(=O)CN(CC)CC)[C@@H]32)CC1O. The van der Waals surface area contributed by atoms with Crippen LogP contribution in [0.3, 0.4) is 0 Å². The molecule has 0 radical (unpaired) electrons. The normalized spacial score (nSPS) is 44.9. The lowest BCUT2D eigenvalue weighted by molar-refractivity contribution is -0.214. The van der Waals surface area contributed by atoms with Gasteiger partial charge in [-0.25, -0.2) is 0 Å². The second-order valence-electron chi connectivity index (χ2n) is 12.5. The lowest BCUT2D eigenvalue weighted by Crippen LogP contribution is -2.62. The molecule has 4 saturated carbocycles. The van der Waals surface area contributed by atoms with Crippen LogP contribution in [0.4, 0.5) is 0 Å². The number of aliphatic hydroxyl groups excluding tert-OH is 1. The van der Waals surface area contributed by atoms with E-state index in [1.165, 1.54) is 0 Å². The Bertz CT molecular complexity index is 783. The summed E-state index contributed by atoms with van der Waals surface area (Å²) in [5.41, 5.74) is -0.151. The van der Waals surface area contributed by atoms with Crippen LogP contribution < -0.4 is 0 Å². The van der Waals surface area contributed by atoms with E-state index in [4.69, 9.17) is 9.47 Å². The fourth-order valence-corrected chi connectivity index (χ4v) is 9.34. The molecule has 35 heavy (non-hydrogen) atoms. The molecule has 4 fully saturated rings. The van der Waals surface area contributed by atoms with E-state index in [9.17, 15) is 14.7 Å². The van der Waals surface area contributed by atoms with Crippen LogP contribution in [0.15, 0.2) is 0 Å². The molecular weight excluding hydrogens is 442 g/mol. The van der Waals surface area contributed by atoms with E-state index in [-0.39, 0.29) is 40.8 Å². The molecule has 0 saturated heterocycles. The summed E-state index contributed by atoms with van der Waals surface area (Å²) in [6.45, 7) is 15.1. The van der Waals surface area contributed by atoms with E-state index in [1.807, 2.05) is 6.92 Å². The molecule has 0 aliphatic heterocycles. The van der Waals surface area contributed by atoms with Crippen LogP contribution >= 0.6 is 0 Å². The van der Waals surface area contributed by atoms with Gasteiger partial charge in [0.2, 0.25) is 0 Å². The molecule has 6 heteroatoms. The van der Waals surface area contributed by atoms with Crippen molar-refractivity contribution < 1.29 is 24.2 Å². The third-order valence-electron chi connectivity index (χ3n) is 11.0. The molecule has 1 N–H and O–H groups in total. The first kappa shape index (κ1) is 27.1. The van der Waals surface area contributed by atoms with Gasteiger partial charge in [0.15, 0.2) is 0 Å². The molecule has 0 spiro atoms. The van der Waals surface area contributed by atoms with Crippen molar-refractivity contribution in [2.75, 3.05) is 26.2 Å². The third kappa shape index (κ3) is 4.72. The zero-order valence-corrected chi connectivity index (χ0v) is 22.9. The van der Waals surface area contributed by atoms with Crippen molar-refractivity contribution >= 4 is 11.8 Å². The van der Waals surface area contributed by atoms with Crippen LogP contribution in [0.1, 0.15) is 86.5 Å². The Morgan fingerprint density at radius 2 is 1.66 bits per heavy atom. The summed E-state index contributed by atoms with van der Waals surface area (Å²) in [4.78, 5) is 28.0. The van der Waals surface area contributed by atoms with Crippen molar-refractivity contribution in [3.63, 3.8) is 0 Å². The van der Waals surface area contributed by atoms with Crippen molar-refractivity contribution in [3.05, 3.63) is 0 Å². The summed E-state index contributed by atoms with van der Waals surface area (Å²) in [5, 5.41) is 10.8. The second kappa shape index (κ2) is 10.4. The summed E-state index contributed by atoms with van der Waals surface area (Å²) in [6.07, 6.45) is 5.86. The number of Topliss-reactive ketones (excluding diaryl/α,β-unsaturated/α-hetero) is 1. The van der Waals surface area contributed by atoms with E-state index < -0.39 is 6.10 Å². The number of aliphatic hydroxyl groups is 1. The van der Waals surface area contributed by atoms with Crippen molar-refractivity contribution in [1.82, 2.24) is 4.90 Å². The van der Waals surface area contributed by atoms with Gasteiger partial charge in [-0.2, -0.15) is 0 Å². The number of rotatable bonds is 8. The Hall–Kier alpha value is -0.980. The highest BCUT2D eigenvalue weighted by Gasteiger charge is 2.65. The van der Waals surface area contributed by atoms with Gasteiger partial charge in [-0.15, -0.1) is 0 Å². The number of hydrogen-bond acceptors (Lipinski definition) is 6. The number of carbonyl (C=O) groups is 2. The monoisotopic (exact) mass is 491 g/mol. The molecule has 10 atom stereocenters. The lowest BCUT2D eigenvalue weighted by Gasteiger charge is -2.63. The lowest BCUT2D eigenvalue weighted by atomic mass is 9.43. The summed E-state index contributed by atoms with van der Waals surface area (Å²) >= 11 is 0. The maximum absolute atomic E-state index is 13.2. The van der Waals surface area contributed by atoms with E-state index in [2.05, 4.69) is 32.6 Å². The minimum Gasteiger partial charge on any atom is -0.461 e. The average molecular weight is 492 g/mol. The predicted octanol–water partition coefficient (Wildman–Crippen LogP) is 4.47. The Balaban J connectivity index is 1.68. The largest absolute Gasteiger partial charge is 0.461 e. The third-order valence-corrected chi connectivity index (χ3v) is 11.0. The molecule has 0 aromatic rings. The van der Waals surface area contributed by atoms with Crippen LogP contribution in [-0.2, 0) is 19.1 Å². The number of carbonyl (C=O) groups excluding carboxylic acids is 2. The Morgan fingerprint density at radius 3 is 2.29 bits per heavy atom. The van der Waals surface area contributed by atoms with Gasteiger partial charge >= 0.3 is 5.97 Å². The maximum atomic E-state index is 13.2. The van der Waals surface area contributed by atoms with Gasteiger partial charge in [0.1, 0.15) is 11.9 Å². The van der Waals surface area contributed by atoms with Gasteiger partial charge in [0.05, 0.1) is 18.8 Å². The fourth-order valence-electron chi connectivity index (χ4n) is 9.34. The minimum absolute atomic E-state index is 0.0439. The second-order valence-corrected chi connectivity index (χ2v) is 12.5. The number of esters is 1. The molecule has 4 unspecified atom stereocenters. The van der Waals surface area contributed by atoms with Crippen molar-refractivity contribution in [3.8, 4) is 0 Å². The molecular formula is C29H49NO5. The highest BCUT2D eigenvalue weighted by atomic mass is 16.5. The molecule has 0 heterocycles. The Morgan fingerprint density at radius 1 is 0.971 bits per heavy atom. The van der Waals surface area contributed by atoms with Gasteiger partial charge in [-0.05, 0) is 100 Å². The molecule has 4 rings (SSSR count). The summed E-state index contributed by atoms with van der Waals surface area (Å²) in [6, 6.07) is 0. The Kier molecular flexibility index (Phi) is 8.05. The van der Waals surface area contributed by atoms with E-state index in [1.54, 1.807) is 6.92 Å². The van der Waals surface area contributed by atoms with Crippen LogP contribution in [0.2, 0.25) is 0 Å². The number of ether oxygens (including phenoxy) is 2. The van der Waals surface area contributed by atoms with Crippen molar-refractivity contribution in [2.45, 2.75) is 105 Å². The van der Waals surface area contributed by atoms with Gasteiger partial charge in [-0.1, -0.05) is 27.7 Å². The van der Waals surface area contributed by atoms with Crippen LogP contribution in [0.25, 0.3) is 0 Å². The number of fused-ring (bicyclic) bond motifs is 5. The molecule has 0 amide bonds. The number of hydrogen-bond donors (Lipinski definition) is 1. The standard InChI is InChI=1S/C29H49NO5/c1-7-30(8-2)17-26(33)35-25-16-29(6)21(18(4)31)12-13-22(29)20-11-10-19-14-23(32)24(34-9-3)15-28(19,5)27(20)25/h19-25,27,32H,7-17H2,1-6H3/t19?,20-,21+,22-,23?,24?,25?,27+,28-,29+/m0/s1. The van der Waals surface area contributed by atoms with E-state index in [0.29, 0.717) is 36.7 Å². The first-order valence-corrected chi connectivity index (χ1v) is 14.3. The fraction of sp³-hybridized carbons (Fsp3) is 0.931. The zero-order chi connectivity index (χ0) is 25.5. The first-order chi connectivity index (χ1) is 16.6. The van der Waals surface area contributed by atoms with Crippen LogP contribution in [0, 0.1) is 40.4 Å². The summed E-state index contributed by atoms with van der Waals surface area (Å²) in [7, 11) is 0. The van der Waals surface area contributed by atoms with E-state index >= 15 is 0 Å². The zero-order valence-electron chi connectivity index (χ0n) is 22.9. The molecule has 6 nitrogen and oxygen atoms in total.